The van der Waals surface area contributed by atoms with Crippen LogP contribution in [0.25, 0.3) is 0 Å². The van der Waals surface area contributed by atoms with Crippen molar-refractivity contribution in [1.82, 2.24) is 5.32 Å². The summed E-state index contributed by atoms with van der Waals surface area (Å²) in [6.07, 6.45) is 3.30. The first-order valence-electron chi connectivity index (χ1n) is 8.24. The Balaban J connectivity index is 1.99. The molecule has 4 heteroatoms. The number of rotatable bonds is 6. The Hall–Kier alpha value is -1.84. The van der Waals surface area contributed by atoms with Crippen molar-refractivity contribution < 1.29 is 9.59 Å². The van der Waals surface area contributed by atoms with E-state index in [2.05, 4.69) is 19.2 Å². The molecule has 1 fully saturated rings. The molecule has 0 aliphatic carbocycles. The van der Waals surface area contributed by atoms with Gasteiger partial charge in [0.15, 0.2) is 0 Å². The van der Waals surface area contributed by atoms with Crippen LogP contribution in [0.4, 0.5) is 5.69 Å². The molecule has 1 aromatic rings. The minimum atomic E-state index is -0.238. The highest BCUT2D eigenvalue weighted by atomic mass is 16.2. The number of benzene rings is 1. The molecule has 2 amide bonds. The lowest BCUT2D eigenvalue weighted by atomic mass is 10.1. The zero-order chi connectivity index (χ0) is 16.1. The molecule has 1 heterocycles. The van der Waals surface area contributed by atoms with Gasteiger partial charge in [-0.25, -0.2) is 0 Å². The maximum atomic E-state index is 12.3. The minimum Gasteiger partial charge on any atom is -0.353 e. The van der Waals surface area contributed by atoms with Crippen LogP contribution in [-0.4, -0.2) is 24.4 Å². The van der Waals surface area contributed by atoms with Crippen molar-refractivity contribution in [1.29, 1.82) is 0 Å². The molecule has 120 valence electrons. The summed E-state index contributed by atoms with van der Waals surface area (Å²) in [5.74, 6) is -0.202. The first-order valence-corrected chi connectivity index (χ1v) is 8.24. The molecule has 1 aliphatic rings. The second kappa shape index (κ2) is 7.43. The van der Waals surface area contributed by atoms with E-state index in [0.29, 0.717) is 13.0 Å². The SMILES string of the molecule is CCC[C@H](C)NC(=O)[C@@H]1CC(=O)N(c2ccc(CC)cc2)C1. The van der Waals surface area contributed by atoms with E-state index in [1.54, 1.807) is 4.90 Å². The molecule has 0 radical (unpaired) electrons. The van der Waals surface area contributed by atoms with Crippen LogP contribution >= 0.6 is 0 Å². The lowest BCUT2D eigenvalue weighted by Crippen LogP contribution is -2.38. The summed E-state index contributed by atoms with van der Waals surface area (Å²) < 4.78 is 0. The number of anilines is 1. The molecular weight excluding hydrogens is 276 g/mol. The Morgan fingerprint density at radius 1 is 1.32 bits per heavy atom. The molecule has 1 aliphatic heterocycles. The minimum absolute atomic E-state index is 0.00183. The summed E-state index contributed by atoms with van der Waals surface area (Å²) in [6, 6.07) is 8.19. The van der Waals surface area contributed by atoms with Crippen molar-refractivity contribution in [3.8, 4) is 0 Å². The fourth-order valence-electron chi connectivity index (χ4n) is 2.91. The molecule has 1 N–H and O–H groups in total. The van der Waals surface area contributed by atoms with Crippen molar-refractivity contribution in [3.05, 3.63) is 29.8 Å². The largest absolute Gasteiger partial charge is 0.353 e. The molecule has 2 rings (SSSR count). The average molecular weight is 302 g/mol. The monoisotopic (exact) mass is 302 g/mol. The standard InChI is InChI=1S/C18H26N2O2/c1-4-6-13(3)19-18(22)15-11-17(21)20(12-15)16-9-7-14(5-2)8-10-16/h7-10,13,15H,4-6,11-12H2,1-3H3,(H,19,22)/t13-,15+/m0/s1. The second-order valence-electron chi connectivity index (χ2n) is 6.12. The smallest absolute Gasteiger partial charge is 0.227 e. The molecule has 1 aromatic carbocycles. The topological polar surface area (TPSA) is 49.4 Å². The molecule has 0 unspecified atom stereocenters. The molecule has 2 atom stereocenters. The molecule has 0 bridgehead atoms. The average Bonchev–Trinajstić information content (AvgIpc) is 2.89. The van der Waals surface area contributed by atoms with E-state index in [1.807, 2.05) is 31.2 Å². The first kappa shape index (κ1) is 16.5. The number of hydrogen-bond acceptors (Lipinski definition) is 2. The zero-order valence-corrected chi connectivity index (χ0v) is 13.8. The molecular formula is C18H26N2O2. The predicted octanol–water partition coefficient (Wildman–Crippen LogP) is 2.91. The zero-order valence-electron chi connectivity index (χ0n) is 13.8. The van der Waals surface area contributed by atoms with E-state index in [0.717, 1.165) is 24.9 Å². The highest BCUT2D eigenvalue weighted by molar-refractivity contribution is 6.00. The van der Waals surface area contributed by atoms with Gasteiger partial charge >= 0.3 is 0 Å². The summed E-state index contributed by atoms with van der Waals surface area (Å²) in [5.41, 5.74) is 2.14. The van der Waals surface area contributed by atoms with Gasteiger partial charge < -0.3 is 10.2 Å². The number of amides is 2. The number of nitrogens with one attached hydrogen (secondary N) is 1. The van der Waals surface area contributed by atoms with Crippen molar-refractivity contribution in [3.63, 3.8) is 0 Å². The highest BCUT2D eigenvalue weighted by Crippen LogP contribution is 2.25. The maximum Gasteiger partial charge on any atom is 0.227 e. The van der Waals surface area contributed by atoms with Crippen LogP contribution in [0.5, 0.6) is 0 Å². The summed E-state index contributed by atoms with van der Waals surface area (Å²) in [4.78, 5) is 26.2. The van der Waals surface area contributed by atoms with Crippen LogP contribution in [0, 0.1) is 5.92 Å². The molecule has 1 saturated heterocycles. The van der Waals surface area contributed by atoms with Gasteiger partial charge in [0.25, 0.3) is 0 Å². The number of nitrogens with zero attached hydrogens (tertiary/aromatic N) is 1. The Bertz CT molecular complexity index is 524. The normalized spacial score (nSPS) is 19.3. The van der Waals surface area contributed by atoms with Crippen LogP contribution in [0.3, 0.4) is 0 Å². The van der Waals surface area contributed by atoms with Gasteiger partial charge in [0.05, 0.1) is 5.92 Å². The van der Waals surface area contributed by atoms with Crippen LogP contribution in [-0.2, 0) is 16.0 Å². The van der Waals surface area contributed by atoms with Gasteiger partial charge in [-0.15, -0.1) is 0 Å². The van der Waals surface area contributed by atoms with Gasteiger partial charge in [-0.05, 0) is 37.5 Å². The highest BCUT2D eigenvalue weighted by Gasteiger charge is 2.35. The van der Waals surface area contributed by atoms with Crippen LogP contribution < -0.4 is 10.2 Å². The summed E-state index contributed by atoms with van der Waals surface area (Å²) in [7, 11) is 0. The van der Waals surface area contributed by atoms with Crippen LogP contribution in [0.15, 0.2) is 24.3 Å². The number of carbonyl (C=O) groups excluding carboxylic acids is 2. The summed E-state index contributed by atoms with van der Waals surface area (Å²) in [6.45, 7) is 6.70. The van der Waals surface area contributed by atoms with Gasteiger partial charge in [-0.1, -0.05) is 32.4 Å². The van der Waals surface area contributed by atoms with E-state index in [4.69, 9.17) is 0 Å². The van der Waals surface area contributed by atoms with Crippen molar-refractivity contribution >= 4 is 17.5 Å². The van der Waals surface area contributed by atoms with Crippen molar-refractivity contribution in [2.45, 2.75) is 52.5 Å². The van der Waals surface area contributed by atoms with Gasteiger partial charge in [-0.2, -0.15) is 0 Å². The molecule has 0 aromatic heterocycles. The van der Waals surface area contributed by atoms with Crippen LogP contribution in [0.2, 0.25) is 0 Å². The number of carbonyl (C=O) groups is 2. The molecule has 0 spiro atoms. The Kier molecular flexibility index (Phi) is 5.58. The second-order valence-corrected chi connectivity index (χ2v) is 6.12. The third-order valence-corrected chi connectivity index (χ3v) is 4.26. The van der Waals surface area contributed by atoms with E-state index in [-0.39, 0.29) is 23.8 Å². The molecule has 4 nitrogen and oxygen atoms in total. The molecule has 0 saturated carbocycles. The lowest BCUT2D eigenvalue weighted by Gasteiger charge is -2.18. The van der Waals surface area contributed by atoms with Crippen molar-refractivity contribution in [2.24, 2.45) is 5.92 Å². The molecule has 22 heavy (non-hydrogen) atoms. The number of hydrogen-bond donors (Lipinski definition) is 1. The van der Waals surface area contributed by atoms with E-state index in [9.17, 15) is 9.59 Å². The Labute approximate surface area is 132 Å². The fraction of sp³-hybridized carbons (Fsp3) is 0.556. The summed E-state index contributed by atoms with van der Waals surface area (Å²) in [5, 5.41) is 3.02. The lowest BCUT2D eigenvalue weighted by molar-refractivity contribution is -0.126. The number of aryl methyl sites for hydroxylation is 1. The maximum absolute atomic E-state index is 12.3. The Morgan fingerprint density at radius 3 is 2.59 bits per heavy atom. The van der Waals surface area contributed by atoms with Crippen LogP contribution in [0.1, 0.15) is 45.6 Å². The summed E-state index contributed by atoms with van der Waals surface area (Å²) >= 11 is 0. The van der Waals surface area contributed by atoms with E-state index in [1.165, 1.54) is 5.56 Å². The van der Waals surface area contributed by atoms with E-state index >= 15 is 0 Å². The van der Waals surface area contributed by atoms with Gasteiger partial charge in [0, 0.05) is 24.7 Å². The third-order valence-electron chi connectivity index (χ3n) is 4.26. The van der Waals surface area contributed by atoms with Gasteiger partial charge in [0.1, 0.15) is 0 Å². The fourth-order valence-corrected chi connectivity index (χ4v) is 2.91. The third kappa shape index (κ3) is 3.87. The first-order chi connectivity index (χ1) is 10.5. The van der Waals surface area contributed by atoms with Crippen molar-refractivity contribution in [2.75, 3.05) is 11.4 Å². The quantitative estimate of drug-likeness (QED) is 0.878. The van der Waals surface area contributed by atoms with E-state index < -0.39 is 0 Å². The predicted molar refractivity (Wildman–Crippen MR) is 88.8 cm³/mol. The van der Waals surface area contributed by atoms with Gasteiger partial charge in [-0.3, -0.25) is 9.59 Å². The van der Waals surface area contributed by atoms with Gasteiger partial charge in [0.2, 0.25) is 11.8 Å². The Morgan fingerprint density at radius 2 is 2.00 bits per heavy atom.